The molecule has 5 rings (SSSR count). The Bertz CT molecular complexity index is 1180. The van der Waals surface area contributed by atoms with E-state index in [9.17, 15) is 0 Å². The van der Waals surface area contributed by atoms with Crippen LogP contribution in [0.5, 0.6) is 0 Å². The molecule has 1 aromatic carbocycles. The molecule has 3 aromatic heterocycles. The van der Waals surface area contributed by atoms with E-state index in [0.717, 1.165) is 55.5 Å². The molecule has 0 saturated carbocycles. The van der Waals surface area contributed by atoms with Crippen molar-refractivity contribution in [3.63, 3.8) is 0 Å². The highest BCUT2D eigenvalue weighted by Gasteiger charge is 2.20. The lowest BCUT2D eigenvalue weighted by atomic mass is 10.1. The minimum absolute atomic E-state index is 0.154. The number of nitrogens with one attached hydrogen (secondary N) is 1. The van der Waals surface area contributed by atoms with Crippen molar-refractivity contribution in [1.29, 1.82) is 0 Å². The Morgan fingerprint density at radius 3 is 2.56 bits per heavy atom. The van der Waals surface area contributed by atoms with Gasteiger partial charge < -0.3 is 15.1 Å². The van der Waals surface area contributed by atoms with Crippen molar-refractivity contribution in [2.24, 2.45) is 0 Å². The molecule has 0 amide bonds. The molecule has 1 fully saturated rings. The first kappa shape index (κ1) is 20.4. The molecule has 0 bridgehead atoms. The van der Waals surface area contributed by atoms with Gasteiger partial charge in [0.25, 0.3) is 0 Å². The first-order valence-electron chi connectivity index (χ1n) is 11.1. The SMILES string of the molecule is CCC(Nc1nccc(-c2cnc3c(N4CCN(C)CC4)nccn23)n1)c1ccccc1. The highest BCUT2D eigenvalue weighted by Crippen LogP contribution is 2.26. The second kappa shape index (κ2) is 8.92. The maximum atomic E-state index is 4.81. The van der Waals surface area contributed by atoms with Gasteiger partial charge in [0.05, 0.1) is 23.6 Å². The van der Waals surface area contributed by atoms with Gasteiger partial charge in [-0.25, -0.2) is 19.9 Å². The standard InChI is InChI=1S/C24H28N8/c1-3-19(18-7-5-4-6-8-18)28-24-26-10-9-20(29-24)21-17-27-23-22(25-11-12-32(21)23)31-15-13-30(2)14-16-31/h4-12,17,19H,3,13-16H2,1-2H3,(H,26,28,29). The number of benzene rings is 1. The zero-order chi connectivity index (χ0) is 21.9. The van der Waals surface area contributed by atoms with Crippen LogP contribution in [0.25, 0.3) is 17.0 Å². The largest absolute Gasteiger partial charge is 0.351 e. The predicted octanol–water partition coefficient (Wildman–Crippen LogP) is 3.50. The van der Waals surface area contributed by atoms with Crippen LogP contribution in [0.1, 0.15) is 24.9 Å². The van der Waals surface area contributed by atoms with Gasteiger partial charge in [-0.15, -0.1) is 0 Å². The highest BCUT2D eigenvalue weighted by molar-refractivity contribution is 5.70. The fourth-order valence-corrected chi connectivity index (χ4v) is 4.17. The molecule has 4 aromatic rings. The average molecular weight is 429 g/mol. The van der Waals surface area contributed by atoms with Crippen molar-refractivity contribution in [2.45, 2.75) is 19.4 Å². The molecule has 8 nitrogen and oxygen atoms in total. The Labute approximate surface area is 188 Å². The Morgan fingerprint density at radius 2 is 1.78 bits per heavy atom. The average Bonchev–Trinajstić information content (AvgIpc) is 3.28. The van der Waals surface area contributed by atoms with E-state index in [1.807, 2.05) is 30.7 Å². The van der Waals surface area contributed by atoms with E-state index in [1.165, 1.54) is 5.56 Å². The van der Waals surface area contributed by atoms with Gasteiger partial charge in [-0.3, -0.25) is 4.40 Å². The summed E-state index contributed by atoms with van der Waals surface area (Å²) in [6.07, 6.45) is 8.40. The van der Waals surface area contributed by atoms with Gasteiger partial charge in [-0.2, -0.15) is 0 Å². The molecule has 1 N–H and O–H groups in total. The van der Waals surface area contributed by atoms with Crippen LogP contribution >= 0.6 is 0 Å². The van der Waals surface area contributed by atoms with Crippen molar-refractivity contribution in [3.8, 4) is 11.4 Å². The minimum atomic E-state index is 0.154. The third-order valence-corrected chi connectivity index (χ3v) is 6.04. The van der Waals surface area contributed by atoms with E-state index in [1.54, 1.807) is 6.20 Å². The molecule has 8 heteroatoms. The molecule has 4 heterocycles. The summed E-state index contributed by atoms with van der Waals surface area (Å²) in [5.41, 5.74) is 3.84. The summed E-state index contributed by atoms with van der Waals surface area (Å²) in [6, 6.07) is 12.5. The van der Waals surface area contributed by atoms with Crippen LogP contribution in [0.4, 0.5) is 11.8 Å². The molecular weight excluding hydrogens is 400 g/mol. The van der Waals surface area contributed by atoms with Crippen LogP contribution in [-0.2, 0) is 0 Å². The lowest BCUT2D eigenvalue weighted by Crippen LogP contribution is -2.45. The number of rotatable bonds is 6. The number of hydrogen-bond acceptors (Lipinski definition) is 7. The van der Waals surface area contributed by atoms with Crippen molar-refractivity contribution in [1.82, 2.24) is 29.2 Å². The molecule has 1 unspecified atom stereocenters. The third kappa shape index (κ3) is 4.01. The zero-order valence-corrected chi connectivity index (χ0v) is 18.5. The summed E-state index contributed by atoms with van der Waals surface area (Å²) in [5, 5.41) is 3.49. The van der Waals surface area contributed by atoms with Gasteiger partial charge in [0.1, 0.15) is 0 Å². The van der Waals surface area contributed by atoms with Crippen LogP contribution in [-0.4, -0.2) is 62.5 Å². The van der Waals surface area contributed by atoms with Gasteiger partial charge in [0, 0.05) is 44.8 Å². The van der Waals surface area contributed by atoms with E-state index in [0.29, 0.717) is 5.95 Å². The summed E-state index contributed by atoms with van der Waals surface area (Å²) in [7, 11) is 2.15. The number of likely N-dealkylation sites (N-methyl/N-ethyl adjacent to an activating group) is 1. The second-order valence-electron chi connectivity index (χ2n) is 8.16. The van der Waals surface area contributed by atoms with Crippen molar-refractivity contribution >= 4 is 17.4 Å². The maximum Gasteiger partial charge on any atom is 0.223 e. The Morgan fingerprint density at radius 1 is 0.969 bits per heavy atom. The summed E-state index contributed by atoms with van der Waals surface area (Å²) in [6.45, 7) is 6.11. The highest BCUT2D eigenvalue weighted by atomic mass is 15.3. The summed E-state index contributed by atoms with van der Waals surface area (Å²) >= 11 is 0. The normalized spacial score (nSPS) is 15.8. The van der Waals surface area contributed by atoms with E-state index in [4.69, 9.17) is 9.97 Å². The summed E-state index contributed by atoms with van der Waals surface area (Å²) in [5.74, 6) is 1.54. The first-order valence-corrected chi connectivity index (χ1v) is 11.1. The van der Waals surface area contributed by atoms with E-state index >= 15 is 0 Å². The van der Waals surface area contributed by atoms with E-state index < -0.39 is 0 Å². The minimum Gasteiger partial charge on any atom is -0.351 e. The quantitative estimate of drug-likeness (QED) is 0.504. The van der Waals surface area contributed by atoms with Crippen LogP contribution in [0.15, 0.2) is 61.2 Å². The Hall–Kier alpha value is -3.52. The van der Waals surface area contributed by atoms with Crippen molar-refractivity contribution < 1.29 is 0 Å². The van der Waals surface area contributed by atoms with Crippen molar-refractivity contribution in [2.75, 3.05) is 43.4 Å². The topological polar surface area (TPSA) is 74.5 Å². The van der Waals surface area contributed by atoms with Crippen LogP contribution in [0, 0.1) is 0 Å². The van der Waals surface area contributed by atoms with Crippen LogP contribution in [0.3, 0.4) is 0 Å². The molecule has 1 aliphatic rings. The lowest BCUT2D eigenvalue weighted by Gasteiger charge is -2.33. The molecule has 0 aliphatic carbocycles. The number of nitrogens with zero attached hydrogens (tertiary/aromatic N) is 7. The fraction of sp³-hybridized carbons (Fsp3) is 0.333. The van der Waals surface area contributed by atoms with Gasteiger partial charge in [-0.05, 0) is 25.1 Å². The Kier molecular flexibility index (Phi) is 5.68. The number of fused-ring (bicyclic) bond motifs is 1. The zero-order valence-electron chi connectivity index (χ0n) is 18.5. The third-order valence-electron chi connectivity index (χ3n) is 6.04. The molecule has 32 heavy (non-hydrogen) atoms. The molecule has 1 aliphatic heterocycles. The van der Waals surface area contributed by atoms with Crippen LogP contribution in [0.2, 0.25) is 0 Å². The predicted molar refractivity (Wildman–Crippen MR) is 127 cm³/mol. The number of hydrogen-bond donors (Lipinski definition) is 1. The number of imidazole rings is 1. The summed E-state index contributed by atoms with van der Waals surface area (Å²) in [4.78, 5) is 23.3. The van der Waals surface area contributed by atoms with E-state index in [-0.39, 0.29) is 6.04 Å². The Balaban J connectivity index is 1.44. The van der Waals surface area contributed by atoms with Crippen LogP contribution < -0.4 is 10.2 Å². The van der Waals surface area contributed by atoms with Gasteiger partial charge in [0.15, 0.2) is 11.5 Å². The van der Waals surface area contributed by atoms with Gasteiger partial charge in [-0.1, -0.05) is 37.3 Å². The smallest absolute Gasteiger partial charge is 0.223 e. The molecule has 0 spiro atoms. The van der Waals surface area contributed by atoms with Gasteiger partial charge >= 0.3 is 0 Å². The molecule has 0 radical (unpaired) electrons. The van der Waals surface area contributed by atoms with Crippen molar-refractivity contribution in [3.05, 3.63) is 66.7 Å². The monoisotopic (exact) mass is 428 g/mol. The number of anilines is 2. The molecular formula is C24H28N8. The van der Waals surface area contributed by atoms with E-state index in [2.05, 4.69) is 67.7 Å². The molecule has 164 valence electrons. The maximum absolute atomic E-state index is 4.81. The molecule has 1 saturated heterocycles. The first-order chi connectivity index (χ1) is 15.7. The molecule has 1 atom stereocenters. The fourth-order valence-electron chi connectivity index (χ4n) is 4.17. The lowest BCUT2D eigenvalue weighted by molar-refractivity contribution is 0.312. The number of aromatic nitrogens is 5. The summed E-state index contributed by atoms with van der Waals surface area (Å²) < 4.78 is 2.07. The number of piperazine rings is 1. The van der Waals surface area contributed by atoms with Gasteiger partial charge in [0.2, 0.25) is 5.95 Å². The second-order valence-corrected chi connectivity index (χ2v) is 8.16.